The summed E-state index contributed by atoms with van der Waals surface area (Å²) in [5, 5.41) is 0. The fourth-order valence-corrected chi connectivity index (χ4v) is 0.932. The summed E-state index contributed by atoms with van der Waals surface area (Å²) in [6.07, 6.45) is 14.7. The van der Waals surface area contributed by atoms with Crippen molar-refractivity contribution < 1.29 is 0 Å². The number of rotatable bonds is 0. The summed E-state index contributed by atoms with van der Waals surface area (Å²) < 4.78 is 0. The van der Waals surface area contributed by atoms with Gasteiger partial charge in [0.1, 0.15) is 0 Å². The Hall–Kier alpha value is -1.50. The molecular weight excluding hydrogens is 146 g/mol. The van der Waals surface area contributed by atoms with E-state index in [0.29, 0.717) is 0 Å². The van der Waals surface area contributed by atoms with Crippen LogP contribution in [0.5, 0.6) is 0 Å². The molecule has 0 aromatic rings. The smallest absolute Gasteiger partial charge is 0.0319 e. The zero-order valence-electron chi connectivity index (χ0n) is 7.03. The van der Waals surface area contributed by atoms with E-state index in [-0.39, 0.29) is 0 Å². The number of nitrogens with two attached hydrogens (primary N) is 1. The van der Waals surface area contributed by atoms with Crippen molar-refractivity contribution in [3.8, 4) is 0 Å². The van der Waals surface area contributed by atoms with Gasteiger partial charge in [-0.25, -0.2) is 0 Å². The van der Waals surface area contributed by atoms with Gasteiger partial charge in [0.2, 0.25) is 0 Å². The summed E-state index contributed by atoms with van der Waals surface area (Å²) in [5.74, 6) is 0. The summed E-state index contributed by atoms with van der Waals surface area (Å²) in [6.45, 7) is 3.84. The van der Waals surface area contributed by atoms with Crippen LogP contribution < -0.4 is 5.73 Å². The second-order valence-electron chi connectivity index (χ2n) is 2.64. The summed E-state index contributed by atoms with van der Waals surface area (Å²) in [6, 6.07) is 0. The maximum absolute atomic E-state index is 5.66. The molecule has 2 N–H and O–H groups in total. The van der Waals surface area contributed by atoms with Gasteiger partial charge in [0.15, 0.2) is 0 Å². The maximum Gasteiger partial charge on any atom is 0.0319 e. The van der Waals surface area contributed by atoms with Gasteiger partial charge in [0, 0.05) is 5.70 Å². The van der Waals surface area contributed by atoms with Gasteiger partial charge in [0.25, 0.3) is 0 Å². The Balaban J connectivity index is 2.83. The van der Waals surface area contributed by atoms with Crippen molar-refractivity contribution in [1.29, 1.82) is 0 Å². The van der Waals surface area contributed by atoms with Gasteiger partial charge in [-0.15, -0.1) is 0 Å². The largest absolute Gasteiger partial charge is 0.399 e. The van der Waals surface area contributed by atoms with Crippen LogP contribution in [0.25, 0.3) is 0 Å². The predicted molar refractivity (Wildman–Crippen MR) is 53.4 cm³/mol. The van der Waals surface area contributed by atoms with Crippen molar-refractivity contribution in [2.75, 3.05) is 0 Å². The van der Waals surface area contributed by atoms with Gasteiger partial charge in [-0.2, -0.15) is 0 Å². The van der Waals surface area contributed by atoms with E-state index in [2.05, 4.69) is 18.7 Å². The van der Waals surface area contributed by atoms with E-state index in [0.717, 1.165) is 17.7 Å². The Bertz CT molecular complexity index is 277. The first kappa shape index (κ1) is 8.60. The molecule has 0 aliphatic heterocycles. The second-order valence-corrected chi connectivity index (χ2v) is 2.64. The Kier molecular flexibility index (Phi) is 3.15. The van der Waals surface area contributed by atoms with Crippen LogP contribution in [0.15, 0.2) is 60.4 Å². The van der Waals surface area contributed by atoms with Crippen molar-refractivity contribution in [3.63, 3.8) is 0 Å². The van der Waals surface area contributed by atoms with Crippen LogP contribution in [0.3, 0.4) is 0 Å². The van der Waals surface area contributed by atoms with Crippen molar-refractivity contribution in [3.05, 3.63) is 60.4 Å². The van der Waals surface area contributed by atoms with E-state index in [1.54, 1.807) is 0 Å². The van der Waals surface area contributed by atoms with Gasteiger partial charge < -0.3 is 5.73 Å². The molecule has 1 heteroatoms. The molecular formula is C11H13N. The fourth-order valence-electron chi connectivity index (χ4n) is 0.932. The lowest BCUT2D eigenvalue weighted by Crippen LogP contribution is -1.92. The molecule has 0 saturated heterocycles. The highest BCUT2D eigenvalue weighted by Crippen LogP contribution is 2.02. The van der Waals surface area contributed by atoms with Crippen LogP contribution in [0.4, 0.5) is 0 Å². The average molecular weight is 159 g/mol. The molecule has 0 aromatic heterocycles. The van der Waals surface area contributed by atoms with Crippen LogP contribution in [0.1, 0.15) is 6.42 Å². The van der Waals surface area contributed by atoms with Crippen molar-refractivity contribution in [2.45, 2.75) is 6.42 Å². The molecule has 0 spiro atoms. The minimum atomic E-state index is 0.733. The molecule has 62 valence electrons. The van der Waals surface area contributed by atoms with Crippen molar-refractivity contribution in [1.82, 2.24) is 0 Å². The maximum atomic E-state index is 5.66. The molecule has 1 aliphatic carbocycles. The quantitative estimate of drug-likeness (QED) is 0.577. The van der Waals surface area contributed by atoms with Crippen LogP contribution in [0.2, 0.25) is 0 Å². The fraction of sp³-hybridized carbons (Fsp3) is 0.0909. The van der Waals surface area contributed by atoms with Gasteiger partial charge in [-0.1, -0.05) is 37.0 Å². The Labute approximate surface area is 73.3 Å². The van der Waals surface area contributed by atoms with Crippen LogP contribution in [-0.2, 0) is 0 Å². The zero-order chi connectivity index (χ0) is 8.81. The highest BCUT2D eigenvalue weighted by Gasteiger charge is 1.85. The molecule has 0 radical (unpaired) electrons. The van der Waals surface area contributed by atoms with Crippen LogP contribution >= 0.6 is 0 Å². The number of hydrogen-bond donors (Lipinski definition) is 1. The first-order valence-corrected chi connectivity index (χ1v) is 3.95. The van der Waals surface area contributed by atoms with Crippen LogP contribution in [-0.4, -0.2) is 0 Å². The summed E-state index contributed by atoms with van der Waals surface area (Å²) in [4.78, 5) is 0. The van der Waals surface area contributed by atoms with Gasteiger partial charge in [-0.05, 0) is 24.1 Å². The van der Waals surface area contributed by atoms with E-state index >= 15 is 0 Å². The molecule has 0 fully saturated rings. The lowest BCUT2D eigenvalue weighted by Gasteiger charge is -1.94. The predicted octanol–water partition coefficient (Wildman–Crippen LogP) is 2.46. The van der Waals surface area contributed by atoms with Crippen LogP contribution in [0, 0.1) is 0 Å². The lowest BCUT2D eigenvalue weighted by atomic mass is 10.2. The van der Waals surface area contributed by atoms with Gasteiger partial charge in [-0.3, -0.25) is 0 Å². The van der Waals surface area contributed by atoms with Crippen molar-refractivity contribution in [2.24, 2.45) is 5.73 Å². The molecule has 12 heavy (non-hydrogen) atoms. The van der Waals surface area contributed by atoms with Gasteiger partial charge >= 0.3 is 0 Å². The van der Waals surface area contributed by atoms with E-state index in [4.69, 9.17) is 5.73 Å². The first-order chi connectivity index (χ1) is 5.79. The Morgan fingerprint density at radius 2 is 2.00 bits per heavy atom. The minimum Gasteiger partial charge on any atom is -0.399 e. The summed E-state index contributed by atoms with van der Waals surface area (Å²) in [7, 11) is 0. The highest BCUT2D eigenvalue weighted by molar-refractivity contribution is 5.35. The monoisotopic (exact) mass is 159 g/mol. The molecule has 0 atom stereocenters. The minimum absolute atomic E-state index is 0.733. The zero-order valence-corrected chi connectivity index (χ0v) is 7.03. The first-order valence-electron chi connectivity index (χ1n) is 3.95. The Morgan fingerprint density at radius 1 is 1.17 bits per heavy atom. The average Bonchev–Trinajstić information content (AvgIpc) is 2.02. The van der Waals surface area contributed by atoms with Gasteiger partial charge in [0.05, 0.1) is 0 Å². The third kappa shape index (κ3) is 3.06. The van der Waals surface area contributed by atoms with E-state index in [1.807, 2.05) is 30.4 Å². The van der Waals surface area contributed by atoms with E-state index in [1.165, 1.54) is 0 Å². The molecule has 1 rings (SSSR count). The third-order valence-corrected chi connectivity index (χ3v) is 1.49. The lowest BCUT2D eigenvalue weighted by molar-refractivity contribution is 1.36. The Morgan fingerprint density at radius 3 is 2.83 bits per heavy atom. The highest BCUT2D eigenvalue weighted by atomic mass is 14.5. The molecule has 0 amide bonds. The standard InChI is InChI=1S/C11H13N/c1-10-7-5-3-2-4-6-8-11(12)9-10/h2,4-9H,1,3,12H2. The molecule has 0 aromatic carbocycles. The van der Waals surface area contributed by atoms with E-state index < -0.39 is 0 Å². The summed E-state index contributed by atoms with van der Waals surface area (Å²) >= 11 is 0. The molecule has 1 nitrogen and oxygen atoms in total. The van der Waals surface area contributed by atoms with Crippen molar-refractivity contribution >= 4 is 0 Å². The number of hydrogen-bond acceptors (Lipinski definition) is 1. The van der Waals surface area contributed by atoms with E-state index in [9.17, 15) is 0 Å². The molecule has 0 saturated carbocycles. The normalized spacial score (nSPS) is 17.7. The summed E-state index contributed by atoms with van der Waals surface area (Å²) in [5.41, 5.74) is 7.33. The second kappa shape index (κ2) is 4.39. The topological polar surface area (TPSA) is 26.0 Å². The molecule has 0 heterocycles. The number of allylic oxidation sites excluding steroid dienone is 8. The molecule has 1 aliphatic rings. The molecule has 0 bridgehead atoms. The molecule has 0 unspecified atom stereocenters. The SMILES string of the molecule is C=C1C=CCC=CC=CC(N)=C1. The third-order valence-electron chi connectivity index (χ3n) is 1.49.